The van der Waals surface area contributed by atoms with Gasteiger partial charge in [-0.15, -0.1) is 0 Å². The van der Waals surface area contributed by atoms with Crippen molar-refractivity contribution in [2.24, 2.45) is 5.73 Å². The molecule has 13 heavy (non-hydrogen) atoms. The van der Waals surface area contributed by atoms with Gasteiger partial charge in [0.1, 0.15) is 0 Å². The molecule has 0 aromatic heterocycles. The van der Waals surface area contributed by atoms with E-state index in [0.717, 1.165) is 11.3 Å². The summed E-state index contributed by atoms with van der Waals surface area (Å²) in [4.78, 5) is 10.5. The third-order valence-corrected chi connectivity index (χ3v) is 1.50. The number of urea groups is 1. The van der Waals surface area contributed by atoms with Crippen molar-refractivity contribution in [2.75, 3.05) is 0 Å². The van der Waals surface area contributed by atoms with Gasteiger partial charge in [0, 0.05) is 5.70 Å². The predicted molar refractivity (Wildman–Crippen MR) is 52.8 cm³/mol. The van der Waals surface area contributed by atoms with Gasteiger partial charge in [0.05, 0.1) is 0 Å². The summed E-state index contributed by atoms with van der Waals surface area (Å²) in [5.41, 5.74) is 6.73. The lowest BCUT2D eigenvalue weighted by molar-refractivity contribution is 0.251. The van der Waals surface area contributed by atoms with E-state index in [1.165, 1.54) is 0 Å². The monoisotopic (exact) mass is 176 g/mol. The van der Waals surface area contributed by atoms with Crippen LogP contribution in [-0.2, 0) is 0 Å². The van der Waals surface area contributed by atoms with Gasteiger partial charge in [0.25, 0.3) is 0 Å². The number of primary amides is 1. The van der Waals surface area contributed by atoms with Crippen LogP contribution in [0.4, 0.5) is 4.79 Å². The van der Waals surface area contributed by atoms with Gasteiger partial charge < -0.3 is 11.1 Å². The van der Waals surface area contributed by atoms with E-state index in [2.05, 4.69) is 5.32 Å². The molecule has 1 aromatic rings. The van der Waals surface area contributed by atoms with Crippen molar-refractivity contribution in [3.05, 3.63) is 41.6 Å². The zero-order valence-corrected chi connectivity index (χ0v) is 7.45. The highest BCUT2D eigenvalue weighted by atomic mass is 16.2. The molecule has 3 heteroatoms. The lowest BCUT2D eigenvalue weighted by atomic mass is 10.2. The quantitative estimate of drug-likeness (QED) is 0.708. The summed E-state index contributed by atoms with van der Waals surface area (Å²) < 4.78 is 0. The Labute approximate surface area is 77.3 Å². The molecule has 2 amide bonds. The number of carbonyl (C=O) groups excluding carboxylic acids is 1. The van der Waals surface area contributed by atoms with Crippen LogP contribution >= 0.6 is 0 Å². The molecule has 0 bridgehead atoms. The summed E-state index contributed by atoms with van der Waals surface area (Å²) in [5.74, 6) is 0. The fourth-order valence-corrected chi connectivity index (χ4v) is 1.03. The fourth-order valence-electron chi connectivity index (χ4n) is 1.03. The minimum atomic E-state index is -0.537. The number of allylic oxidation sites excluding steroid dienone is 1. The maximum absolute atomic E-state index is 10.5. The number of rotatable bonds is 2. The third kappa shape index (κ3) is 3.42. The molecule has 0 unspecified atom stereocenters. The van der Waals surface area contributed by atoms with Gasteiger partial charge in [-0.05, 0) is 18.6 Å². The second-order valence-electron chi connectivity index (χ2n) is 2.73. The maximum atomic E-state index is 10.5. The minimum absolute atomic E-state index is 0.537. The summed E-state index contributed by atoms with van der Waals surface area (Å²) >= 11 is 0. The zero-order chi connectivity index (χ0) is 9.68. The van der Waals surface area contributed by atoms with E-state index >= 15 is 0 Å². The highest BCUT2D eigenvalue weighted by molar-refractivity contribution is 5.75. The summed E-state index contributed by atoms with van der Waals surface area (Å²) in [6.45, 7) is 1.79. The van der Waals surface area contributed by atoms with Crippen LogP contribution < -0.4 is 11.1 Å². The summed E-state index contributed by atoms with van der Waals surface area (Å²) in [6, 6.07) is 9.17. The van der Waals surface area contributed by atoms with Gasteiger partial charge in [-0.2, -0.15) is 0 Å². The van der Waals surface area contributed by atoms with Crippen LogP contribution in [0.15, 0.2) is 36.0 Å². The molecule has 0 aliphatic carbocycles. The molecule has 0 spiro atoms. The Morgan fingerprint density at radius 1 is 1.38 bits per heavy atom. The number of amides is 2. The van der Waals surface area contributed by atoms with Crippen LogP contribution in [0.2, 0.25) is 0 Å². The van der Waals surface area contributed by atoms with Crippen LogP contribution in [-0.4, -0.2) is 6.03 Å². The Balaban J connectivity index is 2.71. The lowest BCUT2D eigenvalue weighted by Gasteiger charge is -2.00. The number of hydrogen-bond donors (Lipinski definition) is 2. The molecule has 1 aromatic carbocycles. The topological polar surface area (TPSA) is 55.1 Å². The van der Waals surface area contributed by atoms with Crippen molar-refractivity contribution >= 4 is 12.1 Å². The number of nitrogens with two attached hydrogens (primary N) is 1. The Morgan fingerprint density at radius 2 is 2.00 bits per heavy atom. The number of nitrogens with one attached hydrogen (secondary N) is 1. The molecule has 0 heterocycles. The second kappa shape index (κ2) is 4.30. The molecule has 0 radical (unpaired) electrons. The van der Waals surface area contributed by atoms with Gasteiger partial charge in [0.15, 0.2) is 0 Å². The molecular weight excluding hydrogens is 164 g/mol. The molecule has 1 rings (SSSR count). The van der Waals surface area contributed by atoms with Crippen LogP contribution in [0, 0.1) is 0 Å². The highest BCUT2D eigenvalue weighted by Gasteiger charge is 1.92. The van der Waals surface area contributed by atoms with Crippen molar-refractivity contribution in [2.45, 2.75) is 6.92 Å². The average Bonchev–Trinajstić information content (AvgIpc) is 2.04. The molecule has 3 nitrogen and oxygen atoms in total. The van der Waals surface area contributed by atoms with Gasteiger partial charge in [0.2, 0.25) is 0 Å². The molecule has 0 aliphatic heterocycles. The highest BCUT2D eigenvalue weighted by Crippen LogP contribution is 2.03. The van der Waals surface area contributed by atoms with E-state index in [1.54, 1.807) is 6.92 Å². The SMILES string of the molecule is CC(=Cc1ccccc1)NC(N)=O. The Kier molecular flexibility index (Phi) is 3.09. The van der Waals surface area contributed by atoms with Crippen molar-refractivity contribution in [1.29, 1.82) is 0 Å². The molecule has 68 valence electrons. The minimum Gasteiger partial charge on any atom is -0.351 e. The van der Waals surface area contributed by atoms with Gasteiger partial charge in [-0.1, -0.05) is 30.3 Å². The molecular formula is C10H12N2O. The first-order valence-electron chi connectivity index (χ1n) is 3.98. The molecule has 0 saturated heterocycles. The third-order valence-electron chi connectivity index (χ3n) is 1.50. The first-order valence-corrected chi connectivity index (χ1v) is 3.98. The molecule has 0 atom stereocenters. The Hall–Kier alpha value is -1.77. The fraction of sp³-hybridized carbons (Fsp3) is 0.100. The van der Waals surface area contributed by atoms with Crippen molar-refractivity contribution in [3.63, 3.8) is 0 Å². The van der Waals surface area contributed by atoms with E-state index in [0.29, 0.717) is 0 Å². The average molecular weight is 176 g/mol. The van der Waals surface area contributed by atoms with Gasteiger partial charge in [-0.3, -0.25) is 0 Å². The largest absolute Gasteiger partial charge is 0.351 e. The standard InChI is InChI=1S/C10H12N2O/c1-8(12-10(11)13)7-9-5-3-2-4-6-9/h2-7H,1H3,(H3,11,12,13). The van der Waals surface area contributed by atoms with Crippen molar-refractivity contribution in [1.82, 2.24) is 5.32 Å². The molecule has 0 fully saturated rings. The van der Waals surface area contributed by atoms with Crippen LogP contribution in [0.3, 0.4) is 0 Å². The maximum Gasteiger partial charge on any atom is 0.316 e. The number of carbonyl (C=O) groups is 1. The molecule has 0 saturated carbocycles. The first kappa shape index (κ1) is 9.32. The van der Waals surface area contributed by atoms with E-state index in [9.17, 15) is 4.79 Å². The Bertz CT molecular complexity index is 317. The van der Waals surface area contributed by atoms with Gasteiger partial charge in [-0.25, -0.2) is 4.79 Å². The Morgan fingerprint density at radius 3 is 2.54 bits per heavy atom. The predicted octanol–water partition coefficient (Wildman–Crippen LogP) is 1.72. The molecule has 3 N–H and O–H groups in total. The number of benzene rings is 1. The normalized spacial score (nSPS) is 11.0. The summed E-state index contributed by atoms with van der Waals surface area (Å²) in [5, 5.41) is 2.49. The van der Waals surface area contributed by atoms with E-state index in [-0.39, 0.29) is 0 Å². The first-order chi connectivity index (χ1) is 6.18. The van der Waals surface area contributed by atoms with Gasteiger partial charge >= 0.3 is 6.03 Å². The lowest BCUT2D eigenvalue weighted by Crippen LogP contribution is -2.27. The van der Waals surface area contributed by atoms with Crippen LogP contribution in [0.5, 0.6) is 0 Å². The van der Waals surface area contributed by atoms with Crippen molar-refractivity contribution in [3.8, 4) is 0 Å². The zero-order valence-electron chi connectivity index (χ0n) is 7.45. The van der Waals surface area contributed by atoms with Crippen LogP contribution in [0.25, 0.3) is 6.08 Å². The van der Waals surface area contributed by atoms with E-state index in [4.69, 9.17) is 5.73 Å². The molecule has 0 aliphatic rings. The summed E-state index contributed by atoms with van der Waals surface area (Å²) in [6.07, 6.45) is 1.85. The van der Waals surface area contributed by atoms with E-state index in [1.807, 2.05) is 36.4 Å². The second-order valence-corrected chi connectivity index (χ2v) is 2.73. The number of hydrogen-bond acceptors (Lipinski definition) is 1. The summed E-state index contributed by atoms with van der Waals surface area (Å²) in [7, 11) is 0. The van der Waals surface area contributed by atoms with Crippen LogP contribution in [0.1, 0.15) is 12.5 Å². The van der Waals surface area contributed by atoms with E-state index < -0.39 is 6.03 Å². The van der Waals surface area contributed by atoms with Crippen molar-refractivity contribution < 1.29 is 4.79 Å². The smallest absolute Gasteiger partial charge is 0.316 e.